The van der Waals surface area contributed by atoms with Gasteiger partial charge in [-0.1, -0.05) is 35.9 Å². The van der Waals surface area contributed by atoms with E-state index in [1.165, 1.54) is 0 Å². The molecule has 3 rings (SSSR count). The van der Waals surface area contributed by atoms with E-state index in [1.54, 1.807) is 30.2 Å². The van der Waals surface area contributed by atoms with E-state index in [2.05, 4.69) is 26.0 Å². The molecule has 3 aromatic rings. The molecule has 0 aliphatic heterocycles. The first-order valence-corrected chi connectivity index (χ1v) is 9.55. The molecule has 1 heterocycles. The molecule has 2 aromatic carbocycles. The fourth-order valence-electron chi connectivity index (χ4n) is 2.74. The molecule has 0 saturated carbocycles. The number of aromatic nitrogens is 2. The predicted molar refractivity (Wildman–Crippen MR) is 131 cm³/mol. The molecule has 0 bridgehead atoms. The van der Waals surface area contributed by atoms with Crippen molar-refractivity contribution in [2.45, 2.75) is 19.6 Å². The molecule has 0 spiro atoms. The minimum absolute atomic E-state index is 0. The van der Waals surface area contributed by atoms with Gasteiger partial charge in [0.2, 0.25) is 5.91 Å². The van der Waals surface area contributed by atoms with E-state index in [9.17, 15) is 4.79 Å². The summed E-state index contributed by atoms with van der Waals surface area (Å²) in [6.07, 6.45) is 3.40. The van der Waals surface area contributed by atoms with E-state index < -0.39 is 0 Å². The van der Waals surface area contributed by atoms with Gasteiger partial charge in [0.15, 0.2) is 5.96 Å². The number of rotatable bonds is 7. The number of nitrogens with one attached hydrogen (secondary N) is 3. The number of guanidine groups is 1. The molecule has 0 fully saturated rings. The van der Waals surface area contributed by atoms with Gasteiger partial charge in [-0.25, -0.2) is 0 Å². The van der Waals surface area contributed by atoms with Crippen LogP contribution in [-0.4, -0.2) is 28.7 Å². The Kier molecular flexibility index (Phi) is 9.62. The number of carbonyl (C=O) groups excluding carboxylic acids is 1. The van der Waals surface area contributed by atoms with Crippen LogP contribution in [-0.2, 0) is 24.4 Å². The highest BCUT2D eigenvalue weighted by molar-refractivity contribution is 14.0. The van der Waals surface area contributed by atoms with Crippen LogP contribution in [0.25, 0.3) is 0 Å². The third-order valence-corrected chi connectivity index (χ3v) is 4.34. The summed E-state index contributed by atoms with van der Waals surface area (Å²) in [7, 11) is 1.72. The smallest absolute Gasteiger partial charge is 0.246 e. The number of benzene rings is 2. The summed E-state index contributed by atoms with van der Waals surface area (Å²) in [6, 6.07) is 17.1. The molecule has 3 N–H and O–H groups in total. The van der Waals surface area contributed by atoms with Crippen molar-refractivity contribution in [3.05, 3.63) is 83.1 Å². The molecule has 1 amide bonds. The molecule has 1 aromatic heterocycles. The molecule has 0 atom stereocenters. The van der Waals surface area contributed by atoms with Crippen LogP contribution in [0.4, 0.5) is 5.69 Å². The van der Waals surface area contributed by atoms with Crippen LogP contribution in [0.3, 0.4) is 0 Å². The number of amides is 1. The van der Waals surface area contributed by atoms with Gasteiger partial charge in [-0.3, -0.25) is 14.5 Å². The number of halogens is 2. The number of hydrogen-bond donors (Lipinski definition) is 3. The normalized spacial score (nSPS) is 10.8. The first-order valence-electron chi connectivity index (χ1n) is 9.17. The SMILES string of the molecule is CN=C(NCc1cccc(Cl)c1)NCc1cccc(NC(=O)Cn2cccn2)c1.I. The topological polar surface area (TPSA) is 83.3 Å². The largest absolute Gasteiger partial charge is 0.352 e. The lowest BCUT2D eigenvalue weighted by Gasteiger charge is -2.13. The third kappa shape index (κ3) is 7.68. The van der Waals surface area contributed by atoms with Gasteiger partial charge in [-0.15, -0.1) is 24.0 Å². The van der Waals surface area contributed by atoms with Crippen molar-refractivity contribution in [3.63, 3.8) is 0 Å². The van der Waals surface area contributed by atoms with Gasteiger partial charge in [0.25, 0.3) is 0 Å². The third-order valence-electron chi connectivity index (χ3n) is 4.11. The summed E-state index contributed by atoms with van der Waals surface area (Å²) in [6.45, 7) is 1.36. The van der Waals surface area contributed by atoms with E-state index in [-0.39, 0.29) is 36.4 Å². The Labute approximate surface area is 197 Å². The predicted octanol–water partition coefficient (Wildman–Crippen LogP) is 3.66. The Morgan fingerprint density at radius 3 is 2.40 bits per heavy atom. The Morgan fingerprint density at radius 2 is 1.77 bits per heavy atom. The zero-order chi connectivity index (χ0) is 20.5. The monoisotopic (exact) mass is 538 g/mol. The Balaban J connectivity index is 0.00000320. The van der Waals surface area contributed by atoms with Gasteiger partial charge in [0.1, 0.15) is 6.54 Å². The summed E-state index contributed by atoms with van der Waals surface area (Å²) in [5.41, 5.74) is 2.83. The highest BCUT2D eigenvalue weighted by atomic mass is 127. The standard InChI is InChI=1S/C21H23ClN6O.HI/c1-23-21(24-13-16-5-2-7-18(22)11-16)25-14-17-6-3-8-19(12-17)27-20(29)15-28-10-4-9-26-28;/h2-12H,13-15H2,1H3,(H,27,29)(H2,23,24,25);1H. The Bertz CT molecular complexity index is 977. The number of carbonyl (C=O) groups is 1. The quantitative estimate of drug-likeness (QED) is 0.244. The van der Waals surface area contributed by atoms with Gasteiger partial charge in [0, 0.05) is 43.2 Å². The van der Waals surface area contributed by atoms with Crippen LogP contribution in [0, 0.1) is 0 Å². The molecule has 158 valence electrons. The van der Waals surface area contributed by atoms with Crippen molar-refractivity contribution < 1.29 is 4.79 Å². The molecule has 0 aliphatic carbocycles. The summed E-state index contributed by atoms with van der Waals surface area (Å²) < 4.78 is 1.58. The van der Waals surface area contributed by atoms with Crippen molar-refractivity contribution in [2.24, 2.45) is 4.99 Å². The lowest BCUT2D eigenvalue weighted by molar-refractivity contribution is -0.116. The van der Waals surface area contributed by atoms with Gasteiger partial charge >= 0.3 is 0 Å². The highest BCUT2D eigenvalue weighted by Gasteiger charge is 2.05. The van der Waals surface area contributed by atoms with Crippen molar-refractivity contribution in [3.8, 4) is 0 Å². The molecule has 0 aliphatic rings. The van der Waals surface area contributed by atoms with Crippen LogP contribution < -0.4 is 16.0 Å². The minimum atomic E-state index is -0.127. The lowest BCUT2D eigenvalue weighted by Crippen LogP contribution is -2.36. The Hall–Kier alpha value is -2.59. The van der Waals surface area contributed by atoms with E-state index in [0.717, 1.165) is 16.8 Å². The molecule has 0 radical (unpaired) electrons. The highest BCUT2D eigenvalue weighted by Crippen LogP contribution is 2.11. The van der Waals surface area contributed by atoms with Crippen LogP contribution in [0.2, 0.25) is 5.02 Å². The van der Waals surface area contributed by atoms with Crippen LogP contribution in [0.1, 0.15) is 11.1 Å². The molecule has 9 heteroatoms. The number of aliphatic imine (C=N–C) groups is 1. The minimum Gasteiger partial charge on any atom is -0.352 e. The molecular formula is C21H24ClIN6O. The lowest BCUT2D eigenvalue weighted by atomic mass is 10.2. The fraction of sp³-hybridized carbons (Fsp3) is 0.190. The van der Waals surface area contributed by atoms with E-state index >= 15 is 0 Å². The molecular weight excluding hydrogens is 515 g/mol. The first kappa shape index (κ1) is 23.7. The number of nitrogens with zero attached hydrogens (tertiary/aromatic N) is 3. The molecule has 0 saturated heterocycles. The zero-order valence-electron chi connectivity index (χ0n) is 16.5. The van der Waals surface area contributed by atoms with E-state index in [0.29, 0.717) is 24.1 Å². The second kappa shape index (κ2) is 12.2. The van der Waals surface area contributed by atoms with E-state index in [1.807, 2.05) is 48.5 Å². The summed E-state index contributed by atoms with van der Waals surface area (Å²) in [4.78, 5) is 16.4. The zero-order valence-corrected chi connectivity index (χ0v) is 19.6. The van der Waals surface area contributed by atoms with Crippen molar-refractivity contribution >= 4 is 53.1 Å². The van der Waals surface area contributed by atoms with Gasteiger partial charge in [-0.05, 0) is 41.5 Å². The molecule has 7 nitrogen and oxygen atoms in total. The maximum absolute atomic E-state index is 12.1. The molecule has 0 unspecified atom stereocenters. The van der Waals surface area contributed by atoms with Crippen LogP contribution in [0.5, 0.6) is 0 Å². The van der Waals surface area contributed by atoms with Crippen LogP contribution in [0.15, 0.2) is 72.0 Å². The average molecular weight is 539 g/mol. The first-order chi connectivity index (χ1) is 14.1. The second-order valence-electron chi connectivity index (χ2n) is 6.36. The number of anilines is 1. The Morgan fingerprint density at radius 1 is 1.07 bits per heavy atom. The number of hydrogen-bond acceptors (Lipinski definition) is 3. The average Bonchev–Trinajstić information content (AvgIpc) is 3.21. The van der Waals surface area contributed by atoms with E-state index in [4.69, 9.17) is 11.6 Å². The van der Waals surface area contributed by atoms with Crippen molar-refractivity contribution in [1.29, 1.82) is 0 Å². The van der Waals surface area contributed by atoms with Crippen molar-refractivity contribution in [1.82, 2.24) is 20.4 Å². The van der Waals surface area contributed by atoms with Gasteiger partial charge < -0.3 is 16.0 Å². The van der Waals surface area contributed by atoms with Crippen molar-refractivity contribution in [2.75, 3.05) is 12.4 Å². The maximum Gasteiger partial charge on any atom is 0.246 e. The van der Waals surface area contributed by atoms with Crippen LogP contribution >= 0.6 is 35.6 Å². The summed E-state index contributed by atoms with van der Waals surface area (Å²) >= 11 is 6.02. The summed E-state index contributed by atoms with van der Waals surface area (Å²) in [5, 5.41) is 14.2. The molecule has 30 heavy (non-hydrogen) atoms. The van der Waals surface area contributed by atoms with Gasteiger partial charge in [0.05, 0.1) is 0 Å². The fourth-order valence-corrected chi connectivity index (χ4v) is 2.95. The maximum atomic E-state index is 12.1. The summed E-state index contributed by atoms with van der Waals surface area (Å²) in [5.74, 6) is 0.552. The van der Waals surface area contributed by atoms with Gasteiger partial charge in [-0.2, -0.15) is 5.10 Å². The second-order valence-corrected chi connectivity index (χ2v) is 6.80.